The van der Waals surface area contributed by atoms with Gasteiger partial charge in [-0.05, 0) is 30.2 Å². The smallest absolute Gasteiger partial charge is 0.335 e. The summed E-state index contributed by atoms with van der Waals surface area (Å²) in [5, 5.41) is 71.2. The van der Waals surface area contributed by atoms with E-state index < -0.39 is 84.2 Å². The van der Waals surface area contributed by atoms with Crippen molar-refractivity contribution in [2.24, 2.45) is 5.92 Å². The van der Waals surface area contributed by atoms with Crippen LogP contribution in [0.1, 0.15) is 12.0 Å². The van der Waals surface area contributed by atoms with E-state index in [2.05, 4.69) is 0 Å². The van der Waals surface area contributed by atoms with Crippen LogP contribution in [0.25, 0.3) is 6.08 Å². The second kappa shape index (κ2) is 11.9. The van der Waals surface area contributed by atoms with E-state index in [9.17, 15) is 50.1 Å². The number of carbonyl (C=O) groups excluding carboxylic acids is 1. The molecule has 0 unspecified atom stereocenters. The highest BCUT2D eigenvalue weighted by atomic mass is 16.8. The van der Waals surface area contributed by atoms with Gasteiger partial charge in [-0.2, -0.15) is 0 Å². The number of hydrogen-bond acceptors (Lipinski definition) is 13. The molecule has 2 heterocycles. The third-order valence-corrected chi connectivity index (χ3v) is 6.98. The molecule has 1 saturated heterocycles. The largest absolute Gasteiger partial charge is 0.504 e. The Labute approximate surface area is 231 Å². The minimum absolute atomic E-state index is 0.101. The highest BCUT2D eigenvalue weighted by Crippen LogP contribution is 2.47. The molecule has 15 heteroatoms. The Morgan fingerprint density at radius 2 is 1.83 bits per heavy atom. The monoisotopic (exact) mass is 580 g/mol. The van der Waals surface area contributed by atoms with Gasteiger partial charge < -0.3 is 59.4 Å². The SMILES string of the molecule is COc1cc(/C=C/C(=O)OC[C@H]2O[C@@H](O[C@@H]3OC=C(C(=O)O)[C@H]4CC=C(C(=O)O)[C@@]34O)[C@H](O)[C@@H](O)[C@H]2O)ccc1O. The summed E-state index contributed by atoms with van der Waals surface area (Å²) in [5.74, 6) is -5.11. The Morgan fingerprint density at radius 3 is 2.49 bits per heavy atom. The van der Waals surface area contributed by atoms with E-state index >= 15 is 0 Å². The summed E-state index contributed by atoms with van der Waals surface area (Å²) in [5.41, 5.74) is -3.04. The molecular weight excluding hydrogens is 552 g/mol. The Bertz CT molecular complexity index is 1290. The van der Waals surface area contributed by atoms with E-state index in [1.807, 2.05) is 0 Å². The van der Waals surface area contributed by atoms with Crippen molar-refractivity contribution < 1.29 is 73.8 Å². The maximum Gasteiger partial charge on any atom is 0.335 e. The lowest BCUT2D eigenvalue weighted by Gasteiger charge is -2.45. The molecule has 222 valence electrons. The fourth-order valence-electron chi connectivity index (χ4n) is 4.80. The number of allylic oxidation sites excluding steroid dienone is 1. The number of ether oxygens (including phenoxy) is 5. The first-order valence-corrected chi connectivity index (χ1v) is 12.2. The quantitative estimate of drug-likeness (QED) is 0.135. The molecule has 0 aromatic heterocycles. The lowest BCUT2D eigenvalue weighted by molar-refractivity contribution is -0.354. The molecule has 1 fully saturated rings. The van der Waals surface area contributed by atoms with E-state index in [-0.39, 0.29) is 17.9 Å². The number of phenols is 1. The first-order chi connectivity index (χ1) is 19.4. The van der Waals surface area contributed by atoms with Crippen molar-refractivity contribution in [3.05, 3.63) is 53.3 Å². The van der Waals surface area contributed by atoms with Crippen LogP contribution in [0.4, 0.5) is 0 Å². The molecule has 8 atom stereocenters. The third-order valence-electron chi connectivity index (χ3n) is 6.98. The van der Waals surface area contributed by atoms with Crippen molar-refractivity contribution in [1.82, 2.24) is 0 Å². The van der Waals surface area contributed by atoms with Crippen molar-refractivity contribution in [2.75, 3.05) is 13.7 Å². The van der Waals surface area contributed by atoms with Crippen molar-refractivity contribution in [3.63, 3.8) is 0 Å². The van der Waals surface area contributed by atoms with Gasteiger partial charge in [-0.15, -0.1) is 0 Å². The molecule has 0 amide bonds. The molecule has 0 radical (unpaired) electrons. The second-order valence-corrected chi connectivity index (χ2v) is 9.43. The van der Waals surface area contributed by atoms with Crippen LogP contribution in [0.15, 0.2) is 47.8 Å². The first kappa shape index (κ1) is 30.0. The standard InChI is InChI=1S/C26H28O15/c1-37-16-8-11(2-6-15(16)27)3-7-18(28)38-10-17-19(29)20(30)21(31)24(40-17)41-25-26(36)13(4-5-14(26)23(34)35)12(9-39-25)22(32)33/h2-3,5-9,13,17,19-21,24-25,27,29-31,36H,4,10H2,1H3,(H,32,33)(H,34,35)/b7-3+/t13-,17-,19+,20+,21-,24+,25+,26-/m1/s1. The van der Waals surface area contributed by atoms with Crippen molar-refractivity contribution in [3.8, 4) is 11.5 Å². The van der Waals surface area contributed by atoms with Crippen LogP contribution in [0, 0.1) is 5.92 Å². The van der Waals surface area contributed by atoms with E-state index in [1.54, 1.807) is 0 Å². The van der Waals surface area contributed by atoms with Gasteiger partial charge in [0.2, 0.25) is 6.29 Å². The number of aliphatic hydroxyl groups is 4. The molecule has 7 N–H and O–H groups in total. The summed E-state index contributed by atoms with van der Waals surface area (Å²) in [6.07, 6.45) is -6.67. The predicted molar refractivity (Wildman–Crippen MR) is 132 cm³/mol. The molecular formula is C26H28O15. The van der Waals surface area contributed by atoms with Gasteiger partial charge in [0.25, 0.3) is 0 Å². The van der Waals surface area contributed by atoms with Gasteiger partial charge in [-0.25, -0.2) is 14.4 Å². The Morgan fingerprint density at radius 1 is 1.10 bits per heavy atom. The Balaban J connectivity index is 1.45. The van der Waals surface area contributed by atoms with Crippen molar-refractivity contribution in [1.29, 1.82) is 0 Å². The summed E-state index contributed by atoms with van der Waals surface area (Å²) in [6.45, 7) is -0.630. The molecule has 0 saturated carbocycles. The van der Waals surface area contributed by atoms with Gasteiger partial charge in [0, 0.05) is 12.0 Å². The number of aliphatic hydroxyl groups excluding tert-OH is 3. The number of hydrogen-bond donors (Lipinski definition) is 7. The maximum atomic E-state index is 12.2. The average Bonchev–Trinajstić information content (AvgIpc) is 3.30. The average molecular weight is 580 g/mol. The minimum Gasteiger partial charge on any atom is -0.504 e. The summed E-state index contributed by atoms with van der Waals surface area (Å²) in [7, 11) is 1.35. The van der Waals surface area contributed by atoms with Crippen LogP contribution in [0.3, 0.4) is 0 Å². The summed E-state index contributed by atoms with van der Waals surface area (Å²) in [6, 6.07) is 4.32. The molecule has 1 aromatic carbocycles. The van der Waals surface area contributed by atoms with Crippen LogP contribution < -0.4 is 4.74 Å². The fraction of sp³-hybridized carbons (Fsp3) is 0.423. The van der Waals surface area contributed by atoms with Gasteiger partial charge in [0.05, 0.1) is 24.5 Å². The normalized spacial score (nSPS) is 32.9. The van der Waals surface area contributed by atoms with Crippen LogP contribution in [0.2, 0.25) is 0 Å². The number of benzene rings is 1. The zero-order chi connectivity index (χ0) is 30.1. The van der Waals surface area contributed by atoms with E-state index in [1.165, 1.54) is 31.4 Å². The van der Waals surface area contributed by atoms with Gasteiger partial charge in [-0.1, -0.05) is 12.1 Å². The highest BCUT2D eigenvalue weighted by molar-refractivity contribution is 5.93. The molecule has 1 aliphatic carbocycles. The van der Waals surface area contributed by atoms with Crippen LogP contribution in [-0.4, -0.2) is 110 Å². The maximum absolute atomic E-state index is 12.2. The minimum atomic E-state index is -2.51. The molecule has 2 aliphatic heterocycles. The third kappa shape index (κ3) is 5.76. The van der Waals surface area contributed by atoms with Crippen LogP contribution in [-0.2, 0) is 33.3 Å². The molecule has 0 spiro atoms. The number of fused-ring (bicyclic) bond motifs is 1. The number of carboxylic acids is 2. The number of carbonyl (C=O) groups is 3. The summed E-state index contributed by atoms with van der Waals surface area (Å²) in [4.78, 5) is 35.7. The zero-order valence-electron chi connectivity index (χ0n) is 21.4. The number of carboxylic acid groups (broad SMARTS) is 2. The van der Waals surface area contributed by atoms with E-state index in [4.69, 9.17) is 23.7 Å². The molecule has 4 rings (SSSR count). The topological polar surface area (TPSA) is 239 Å². The van der Waals surface area contributed by atoms with E-state index in [0.29, 0.717) is 5.56 Å². The van der Waals surface area contributed by atoms with Crippen LogP contribution >= 0.6 is 0 Å². The molecule has 1 aromatic rings. The fourth-order valence-corrected chi connectivity index (χ4v) is 4.80. The summed E-state index contributed by atoms with van der Waals surface area (Å²) < 4.78 is 26.3. The zero-order valence-corrected chi connectivity index (χ0v) is 21.4. The van der Waals surface area contributed by atoms with Crippen molar-refractivity contribution in [2.45, 2.75) is 49.0 Å². The number of aromatic hydroxyl groups is 1. The number of rotatable bonds is 9. The number of aliphatic carboxylic acids is 2. The highest BCUT2D eigenvalue weighted by Gasteiger charge is 2.60. The Kier molecular flexibility index (Phi) is 8.67. The van der Waals surface area contributed by atoms with Gasteiger partial charge >= 0.3 is 17.9 Å². The molecule has 0 bridgehead atoms. The number of phenolic OH excluding ortho intramolecular Hbond substituents is 1. The molecule has 15 nitrogen and oxygen atoms in total. The lowest BCUT2D eigenvalue weighted by Crippen LogP contribution is -2.62. The number of methoxy groups -OCH3 is 1. The predicted octanol–water partition coefficient (Wildman–Crippen LogP) is -1.13. The van der Waals surface area contributed by atoms with E-state index in [0.717, 1.165) is 18.4 Å². The first-order valence-electron chi connectivity index (χ1n) is 12.2. The van der Waals surface area contributed by atoms with Crippen LogP contribution in [0.5, 0.6) is 11.5 Å². The Hall–Kier alpha value is -3.99. The van der Waals surface area contributed by atoms with Gasteiger partial charge in [0.15, 0.2) is 23.4 Å². The number of esters is 1. The lowest BCUT2D eigenvalue weighted by atomic mass is 9.79. The van der Waals surface area contributed by atoms with Crippen molar-refractivity contribution >= 4 is 24.0 Å². The van der Waals surface area contributed by atoms with Gasteiger partial charge in [-0.3, -0.25) is 0 Å². The summed E-state index contributed by atoms with van der Waals surface area (Å²) >= 11 is 0. The van der Waals surface area contributed by atoms with Gasteiger partial charge in [0.1, 0.15) is 31.0 Å². The second-order valence-electron chi connectivity index (χ2n) is 9.43. The molecule has 41 heavy (non-hydrogen) atoms. The molecule has 3 aliphatic rings.